The van der Waals surface area contributed by atoms with Crippen molar-refractivity contribution in [1.29, 1.82) is 5.26 Å². The van der Waals surface area contributed by atoms with Gasteiger partial charge < -0.3 is 14.5 Å². The molecule has 1 heterocycles. The van der Waals surface area contributed by atoms with Crippen LogP contribution in [-0.2, 0) is 9.53 Å². The highest BCUT2D eigenvalue weighted by molar-refractivity contribution is 6.04. The number of hydrogen-bond acceptors (Lipinski definition) is 5. The number of nitriles is 1. The van der Waals surface area contributed by atoms with E-state index in [1.807, 2.05) is 40.7 Å². The molecule has 0 spiro atoms. The van der Waals surface area contributed by atoms with E-state index in [0.29, 0.717) is 16.5 Å². The first-order valence-corrected chi connectivity index (χ1v) is 9.21. The molecule has 1 amide bonds. The predicted molar refractivity (Wildman–Crippen MR) is 110 cm³/mol. The summed E-state index contributed by atoms with van der Waals surface area (Å²) >= 11 is 0. The summed E-state index contributed by atoms with van der Waals surface area (Å²) in [6.45, 7) is 9.25. The van der Waals surface area contributed by atoms with E-state index in [2.05, 4.69) is 5.32 Å². The largest absolute Gasteiger partial charge is 0.452 e. The molecule has 0 atom stereocenters. The number of anilines is 1. The molecule has 6 nitrogen and oxygen atoms in total. The van der Waals surface area contributed by atoms with Crippen LogP contribution in [0.2, 0.25) is 0 Å². The van der Waals surface area contributed by atoms with Gasteiger partial charge in [0.2, 0.25) is 5.76 Å². The van der Waals surface area contributed by atoms with Gasteiger partial charge in [-0.25, -0.2) is 4.79 Å². The number of ether oxygens (including phenoxy) is 1. The molecule has 2 aromatic carbocycles. The number of nitrogens with zero attached hydrogens (tertiary/aromatic N) is 1. The molecule has 29 heavy (non-hydrogen) atoms. The first kappa shape index (κ1) is 20.2. The summed E-state index contributed by atoms with van der Waals surface area (Å²) in [6, 6.07) is 8.93. The molecule has 0 aliphatic heterocycles. The molecule has 148 valence electrons. The zero-order chi connectivity index (χ0) is 21.3. The van der Waals surface area contributed by atoms with Crippen LogP contribution in [0.3, 0.4) is 0 Å². The average molecular weight is 390 g/mol. The Balaban J connectivity index is 1.78. The summed E-state index contributed by atoms with van der Waals surface area (Å²) in [5.41, 5.74) is 6.18. The molecular weight excluding hydrogens is 368 g/mol. The van der Waals surface area contributed by atoms with Crippen molar-refractivity contribution in [1.82, 2.24) is 0 Å². The lowest BCUT2D eigenvalue weighted by Gasteiger charge is -2.17. The maximum absolute atomic E-state index is 12.7. The molecule has 0 saturated heterocycles. The third-order valence-electron chi connectivity index (χ3n) is 5.50. The van der Waals surface area contributed by atoms with Crippen LogP contribution in [0.15, 0.2) is 28.7 Å². The van der Waals surface area contributed by atoms with Crippen LogP contribution >= 0.6 is 0 Å². The van der Waals surface area contributed by atoms with Gasteiger partial charge in [-0.2, -0.15) is 5.26 Å². The maximum atomic E-state index is 12.7. The molecular formula is C23H22N2O4. The Morgan fingerprint density at radius 1 is 1.00 bits per heavy atom. The number of furan rings is 1. The van der Waals surface area contributed by atoms with Gasteiger partial charge >= 0.3 is 5.97 Å². The van der Waals surface area contributed by atoms with Crippen molar-refractivity contribution < 1.29 is 18.7 Å². The number of carbonyl (C=O) groups is 2. The average Bonchev–Trinajstić information content (AvgIpc) is 3.07. The highest BCUT2D eigenvalue weighted by atomic mass is 16.5. The van der Waals surface area contributed by atoms with Crippen LogP contribution in [0.4, 0.5) is 5.69 Å². The van der Waals surface area contributed by atoms with Crippen LogP contribution in [0.5, 0.6) is 0 Å². The Kier molecular flexibility index (Phi) is 5.42. The zero-order valence-electron chi connectivity index (χ0n) is 17.1. The lowest BCUT2D eigenvalue weighted by Crippen LogP contribution is -2.22. The molecule has 3 aromatic rings. The van der Waals surface area contributed by atoms with E-state index in [4.69, 9.17) is 9.15 Å². The Hall–Kier alpha value is -3.59. The van der Waals surface area contributed by atoms with Crippen LogP contribution in [0, 0.1) is 45.9 Å². The number of benzene rings is 2. The summed E-state index contributed by atoms with van der Waals surface area (Å²) in [4.78, 5) is 25.0. The van der Waals surface area contributed by atoms with E-state index in [0.717, 1.165) is 27.8 Å². The predicted octanol–water partition coefficient (Wildman–Crippen LogP) is 4.64. The number of rotatable bonds is 4. The van der Waals surface area contributed by atoms with Crippen molar-refractivity contribution in [2.75, 3.05) is 11.9 Å². The van der Waals surface area contributed by atoms with E-state index in [-0.39, 0.29) is 11.4 Å². The van der Waals surface area contributed by atoms with Crippen molar-refractivity contribution in [2.45, 2.75) is 34.6 Å². The second-order valence-electron chi connectivity index (χ2n) is 7.04. The molecule has 1 N–H and O–H groups in total. The van der Waals surface area contributed by atoms with Gasteiger partial charge in [0.1, 0.15) is 17.3 Å². The van der Waals surface area contributed by atoms with Gasteiger partial charge in [-0.05, 0) is 74.6 Å². The monoisotopic (exact) mass is 390 g/mol. The third-order valence-corrected chi connectivity index (χ3v) is 5.50. The summed E-state index contributed by atoms with van der Waals surface area (Å²) in [7, 11) is 0. The smallest absolute Gasteiger partial charge is 0.339 e. The van der Waals surface area contributed by atoms with E-state index in [9.17, 15) is 14.9 Å². The van der Waals surface area contributed by atoms with E-state index >= 15 is 0 Å². The molecule has 6 heteroatoms. The molecule has 0 unspecified atom stereocenters. The summed E-state index contributed by atoms with van der Waals surface area (Å²) in [6.07, 6.45) is 0. The number of esters is 1. The molecule has 0 aliphatic carbocycles. The van der Waals surface area contributed by atoms with Crippen molar-refractivity contribution in [2.24, 2.45) is 0 Å². The summed E-state index contributed by atoms with van der Waals surface area (Å²) in [5, 5.41) is 12.5. The van der Waals surface area contributed by atoms with Crippen molar-refractivity contribution in [3.05, 3.63) is 63.4 Å². The topological polar surface area (TPSA) is 92.3 Å². The van der Waals surface area contributed by atoms with Crippen molar-refractivity contribution in [3.8, 4) is 6.07 Å². The highest BCUT2D eigenvalue weighted by Crippen LogP contribution is 2.30. The van der Waals surface area contributed by atoms with Gasteiger partial charge in [0, 0.05) is 5.39 Å². The minimum Gasteiger partial charge on any atom is -0.452 e. The fourth-order valence-electron chi connectivity index (χ4n) is 3.43. The fourth-order valence-corrected chi connectivity index (χ4v) is 3.43. The molecule has 0 saturated carbocycles. The van der Waals surface area contributed by atoms with Crippen LogP contribution in [0.25, 0.3) is 11.0 Å². The quantitative estimate of drug-likeness (QED) is 0.655. The maximum Gasteiger partial charge on any atom is 0.339 e. The fraction of sp³-hybridized carbons (Fsp3) is 0.261. The molecule has 3 rings (SSSR count). The normalized spacial score (nSPS) is 10.6. The minimum absolute atomic E-state index is 0.00218. The zero-order valence-corrected chi connectivity index (χ0v) is 17.1. The number of amides is 1. The Morgan fingerprint density at radius 2 is 1.59 bits per heavy atom. The van der Waals surface area contributed by atoms with Gasteiger partial charge in [-0.1, -0.05) is 12.1 Å². The lowest BCUT2D eigenvalue weighted by molar-refractivity contribution is -0.119. The number of carbonyl (C=O) groups excluding carboxylic acids is 2. The standard InChI is InChI=1S/C23H22N2O4/c1-12-13(2)15(4)21(16(5)14(12)3)23(27)28-11-20(26)25-22-17-8-6-7-9-18(17)29-19(22)10-24/h6-9H,11H2,1-5H3,(H,25,26). The number of hydrogen-bond donors (Lipinski definition) is 1. The molecule has 1 aromatic heterocycles. The van der Waals surface area contributed by atoms with E-state index in [1.165, 1.54) is 0 Å². The van der Waals surface area contributed by atoms with E-state index < -0.39 is 18.5 Å². The second kappa shape index (κ2) is 7.80. The number of para-hydroxylation sites is 1. The van der Waals surface area contributed by atoms with Gasteiger partial charge in [0.15, 0.2) is 6.61 Å². The van der Waals surface area contributed by atoms with Gasteiger partial charge in [-0.15, -0.1) is 0 Å². The first-order chi connectivity index (χ1) is 13.8. The molecule has 0 bridgehead atoms. The first-order valence-electron chi connectivity index (χ1n) is 9.21. The van der Waals surface area contributed by atoms with Gasteiger partial charge in [-0.3, -0.25) is 4.79 Å². The van der Waals surface area contributed by atoms with Crippen molar-refractivity contribution in [3.63, 3.8) is 0 Å². The van der Waals surface area contributed by atoms with Gasteiger partial charge in [0.05, 0.1) is 5.56 Å². The molecule has 0 aliphatic rings. The summed E-state index contributed by atoms with van der Waals surface area (Å²) < 4.78 is 10.7. The Bertz CT molecular complexity index is 1150. The SMILES string of the molecule is Cc1c(C)c(C)c(C(=O)OCC(=O)Nc2c(C#N)oc3ccccc23)c(C)c1C. The molecule has 0 fully saturated rings. The third kappa shape index (κ3) is 3.59. The molecule has 0 radical (unpaired) electrons. The lowest BCUT2D eigenvalue weighted by atomic mass is 9.90. The second-order valence-corrected chi connectivity index (χ2v) is 7.04. The van der Waals surface area contributed by atoms with E-state index in [1.54, 1.807) is 24.3 Å². The van der Waals surface area contributed by atoms with Crippen LogP contribution in [0.1, 0.15) is 43.9 Å². The Morgan fingerprint density at radius 3 is 2.21 bits per heavy atom. The van der Waals surface area contributed by atoms with Crippen LogP contribution < -0.4 is 5.32 Å². The minimum atomic E-state index is -0.544. The highest BCUT2D eigenvalue weighted by Gasteiger charge is 2.21. The summed E-state index contributed by atoms with van der Waals surface area (Å²) in [5.74, 6) is -1.08. The van der Waals surface area contributed by atoms with Crippen LogP contribution in [-0.4, -0.2) is 18.5 Å². The van der Waals surface area contributed by atoms with Crippen molar-refractivity contribution >= 4 is 28.5 Å². The Labute approximate surface area is 169 Å². The number of fused-ring (bicyclic) bond motifs is 1. The van der Waals surface area contributed by atoms with Gasteiger partial charge in [0.25, 0.3) is 5.91 Å². The number of nitrogens with one attached hydrogen (secondary N) is 1.